The van der Waals surface area contributed by atoms with Gasteiger partial charge in [0, 0.05) is 17.6 Å². The lowest BCUT2D eigenvalue weighted by Gasteiger charge is -2.32. The average Bonchev–Trinajstić information content (AvgIpc) is 2.04. The number of rotatable bonds is 3. The molecule has 13 heavy (non-hydrogen) atoms. The lowest BCUT2D eigenvalue weighted by Crippen LogP contribution is -2.45. The topological polar surface area (TPSA) is 66.5 Å². The number of hydrogen-bond donors (Lipinski definition) is 3. The van der Waals surface area contributed by atoms with Gasteiger partial charge in [0.1, 0.15) is 0 Å². The Hall–Kier alpha value is 0.0969. The Morgan fingerprint density at radius 1 is 1.31 bits per heavy atom. The molecule has 0 amide bonds. The quantitative estimate of drug-likeness (QED) is 0.602. The zero-order valence-corrected chi connectivity index (χ0v) is 9.37. The van der Waals surface area contributed by atoms with Gasteiger partial charge in [-0.15, -0.1) is 0 Å². The van der Waals surface area contributed by atoms with Crippen LogP contribution in [0.3, 0.4) is 0 Å². The van der Waals surface area contributed by atoms with Crippen LogP contribution >= 0.6 is 0 Å². The molecule has 0 spiro atoms. The highest BCUT2D eigenvalue weighted by molar-refractivity contribution is 6.66. The van der Waals surface area contributed by atoms with E-state index in [4.69, 9.17) is 5.73 Å². The highest BCUT2D eigenvalue weighted by atomic mass is 28.4. The van der Waals surface area contributed by atoms with Crippen LogP contribution in [0.25, 0.3) is 0 Å². The molecule has 0 saturated heterocycles. The van der Waals surface area contributed by atoms with E-state index in [1.807, 2.05) is 6.92 Å². The first-order valence-electron chi connectivity index (χ1n) is 5.22. The molecule has 0 bridgehead atoms. The SMILES string of the molecule is CC(N)C[Si](O)(O)C1CCCCC1. The van der Waals surface area contributed by atoms with Gasteiger partial charge in [-0.1, -0.05) is 26.2 Å². The van der Waals surface area contributed by atoms with Crippen molar-refractivity contribution in [3.05, 3.63) is 0 Å². The Balaban J connectivity index is 2.45. The highest BCUT2D eigenvalue weighted by Crippen LogP contribution is 2.36. The maximum atomic E-state index is 9.92. The van der Waals surface area contributed by atoms with E-state index < -0.39 is 8.56 Å². The van der Waals surface area contributed by atoms with E-state index >= 15 is 0 Å². The molecule has 0 aliphatic heterocycles. The van der Waals surface area contributed by atoms with E-state index in [9.17, 15) is 9.59 Å². The molecule has 0 heterocycles. The Bertz CT molecular complexity index is 156. The summed E-state index contributed by atoms with van der Waals surface area (Å²) in [6, 6.07) is 0.348. The third kappa shape index (κ3) is 3.38. The van der Waals surface area contributed by atoms with Gasteiger partial charge in [0.25, 0.3) is 0 Å². The minimum absolute atomic E-state index is 0.0800. The second kappa shape index (κ2) is 4.55. The van der Waals surface area contributed by atoms with Crippen LogP contribution in [0.5, 0.6) is 0 Å². The molecule has 1 unspecified atom stereocenters. The summed E-state index contributed by atoms with van der Waals surface area (Å²) in [6.45, 7) is 1.84. The van der Waals surface area contributed by atoms with Crippen molar-refractivity contribution < 1.29 is 9.59 Å². The van der Waals surface area contributed by atoms with Gasteiger partial charge in [-0.2, -0.15) is 0 Å². The first-order valence-corrected chi connectivity index (χ1v) is 7.40. The van der Waals surface area contributed by atoms with Crippen LogP contribution in [-0.4, -0.2) is 24.2 Å². The van der Waals surface area contributed by atoms with Crippen molar-refractivity contribution in [2.45, 2.75) is 56.7 Å². The Morgan fingerprint density at radius 3 is 2.31 bits per heavy atom. The second-order valence-corrected chi connectivity index (χ2v) is 7.38. The Labute approximate surface area is 81.2 Å². The van der Waals surface area contributed by atoms with Gasteiger partial charge in [0.2, 0.25) is 0 Å². The van der Waals surface area contributed by atoms with E-state index in [2.05, 4.69) is 0 Å². The molecule has 0 aromatic heterocycles. The van der Waals surface area contributed by atoms with Crippen molar-refractivity contribution in [1.82, 2.24) is 0 Å². The molecule has 1 rings (SSSR count). The summed E-state index contributed by atoms with van der Waals surface area (Å²) in [6.07, 6.45) is 5.54. The lowest BCUT2D eigenvalue weighted by atomic mass is 10.0. The van der Waals surface area contributed by atoms with E-state index in [1.54, 1.807) is 0 Å². The Kier molecular flexibility index (Phi) is 3.91. The summed E-state index contributed by atoms with van der Waals surface area (Å²) < 4.78 is 0. The van der Waals surface area contributed by atoms with Gasteiger partial charge in [-0.3, -0.25) is 0 Å². The number of nitrogens with two attached hydrogens (primary N) is 1. The third-order valence-corrected chi connectivity index (χ3v) is 6.01. The molecule has 4 N–H and O–H groups in total. The summed E-state index contributed by atoms with van der Waals surface area (Å²) in [5.74, 6) is 0. The number of hydrogen-bond acceptors (Lipinski definition) is 3. The highest BCUT2D eigenvalue weighted by Gasteiger charge is 2.40. The van der Waals surface area contributed by atoms with Crippen LogP contribution in [0.1, 0.15) is 39.0 Å². The molecule has 0 aromatic rings. The fourth-order valence-electron chi connectivity index (χ4n) is 2.21. The zero-order valence-electron chi connectivity index (χ0n) is 8.37. The van der Waals surface area contributed by atoms with Crippen LogP contribution in [0, 0.1) is 0 Å². The predicted molar refractivity (Wildman–Crippen MR) is 55.5 cm³/mol. The molecule has 0 radical (unpaired) electrons. The van der Waals surface area contributed by atoms with Crippen LogP contribution in [0.4, 0.5) is 0 Å². The van der Waals surface area contributed by atoms with E-state index in [-0.39, 0.29) is 11.6 Å². The summed E-state index contributed by atoms with van der Waals surface area (Å²) in [5.41, 5.74) is 5.77. The van der Waals surface area contributed by atoms with E-state index in [0.29, 0.717) is 6.04 Å². The standard InChI is InChI=1S/C9H21NO2Si/c1-8(10)7-13(11,12)9-5-3-2-4-6-9/h8-9,11-12H,2-7,10H2,1H3. The maximum Gasteiger partial charge on any atom is 0.337 e. The van der Waals surface area contributed by atoms with Gasteiger partial charge >= 0.3 is 8.56 Å². The zero-order chi connectivity index (χ0) is 9.90. The molecule has 0 aromatic carbocycles. The fourth-order valence-corrected chi connectivity index (χ4v) is 4.82. The van der Waals surface area contributed by atoms with Gasteiger partial charge in [0.05, 0.1) is 0 Å². The molecule has 1 aliphatic carbocycles. The van der Waals surface area contributed by atoms with Gasteiger partial charge < -0.3 is 15.3 Å². The van der Waals surface area contributed by atoms with Gasteiger partial charge in [-0.05, 0) is 12.8 Å². The fraction of sp³-hybridized carbons (Fsp3) is 1.00. The smallest absolute Gasteiger partial charge is 0.337 e. The predicted octanol–water partition coefficient (Wildman–Crippen LogP) is 1.09. The molecular formula is C9H21NO2Si. The van der Waals surface area contributed by atoms with Gasteiger partial charge in [-0.25, -0.2) is 0 Å². The van der Waals surface area contributed by atoms with Gasteiger partial charge in [0.15, 0.2) is 0 Å². The first kappa shape index (κ1) is 11.2. The molecular weight excluding hydrogens is 182 g/mol. The maximum absolute atomic E-state index is 9.92. The van der Waals surface area contributed by atoms with Crippen molar-refractivity contribution in [2.75, 3.05) is 0 Å². The van der Waals surface area contributed by atoms with Crippen molar-refractivity contribution >= 4 is 8.56 Å². The summed E-state index contributed by atoms with van der Waals surface area (Å²) in [4.78, 5) is 19.8. The lowest BCUT2D eigenvalue weighted by molar-refractivity contribution is 0.306. The third-order valence-electron chi connectivity index (χ3n) is 2.88. The molecule has 78 valence electrons. The molecule has 3 nitrogen and oxygen atoms in total. The average molecular weight is 203 g/mol. The largest absolute Gasteiger partial charge is 0.410 e. The van der Waals surface area contributed by atoms with Crippen LogP contribution in [0.2, 0.25) is 11.6 Å². The molecule has 1 aliphatic rings. The van der Waals surface area contributed by atoms with Crippen molar-refractivity contribution in [3.63, 3.8) is 0 Å². The van der Waals surface area contributed by atoms with Crippen LogP contribution < -0.4 is 5.73 Å². The van der Waals surface area contributed by atoms with Crippen molar-refractivity contribution in [2.24, 2.45) is 5.73 Å². The van der Waals surface area contributed by atoms with Crippen LogP contribution in [-0.2, 0) is 0 Å². The molecule has 1 fully saturated rings. The second-order valence-electron chi connectivity index (χ2n) is 4.39. The molecule has 1 saturated carbocycles. The minimum Gasteiger partial charge on any atom is -0.410 e. The monoisotopic (exact) mass is 203 g/mol. The van der Waals surface area contributed by atoms with Crippen molar-refractivity contribution in [1.29, 1.82) is 0 Å². The van der Waals surface area contributed by atoms with Crippen LogP contribution in [0.15, 0.2) is 0 Å². The normalized spacial score (nSPS) is 23.1. The minimum atomic E-state index is -2.99. The summed E-state index contributed by atoms with van der Waals surface area (Å²) in [5, 5.41) is 0. The van der Waals surface area contributed by atoms with E-state index in [0.717, 1.165) is 25.7 Å². The molecule has 4 heteroatoms. The van der Waals surface area contributed by atoms with Crippen molar-refractivity contribution in [3.8, 4) is 0 Å². The van der Waals surface area contributed by atoms with E-state index in [1.165, 1.54) is 6.42 Å². The molecule has 1 atom stereocenters. The Morgan fingerprint density at radius 2 is 1.85 bits per heavy atom. The summed E-state index contributed by atoms with van der Waals surface area (Å²) >= 11 is 0. The first-order chi connectivity index (χ1) is 6.02. The summed E-state index contributed by atoms with van der Waals surface area (Å²) in [7, 11) is -2.99.